The Hall–Kier alpha value is -2.05. The molecule has 1 aliphatic rings. The second-order valence-electron chi connectivity index (χ2n) is 5.18. The van der Waals surface area contributed by atoms with E-state index in [1.54, 1.807) is 13.1 Å². The minimum absolute atomic E-state index is 0.161. The molecular formula is C14H21N3O4. The first kappa shape index (κ1) is 15.3. The number of hydrogen-bond donors (Lipinski definition) is 2. The molecule has 7 heteroatoms. The number of carboxylic acid groups (broad SMARTS) is 1. The van der Waals surface area contributed by atoms with Gasteiger partial charge in [-0.05, 0) is 19.3 Å². The van der Waals surface area contributed by atoms with Gasteiger partial charge >= 0.3 is 12.0 Å². The summed E-state index contributed by atoms with van der Waals surface area (Å²) in [5.41, 5.74) is -1.09. The number of amides is 2. The highest BCUT2D eigenvalue weighted by molar-refractivity contribution is 5.87. The first-order valence-corrected chi connectivity index (χ1v) is 7.26. The summed E-state index contributed by atoms with van der Waals surface area (Å²) in [6.45, 7) is 4.36. The molecule has 2 amide bonds. The number of hydrogen-bond acceptors (Lipinski definition) is 4. The van der Waals surface area contributed by atoms with E-state index in [-0.39, 0.29) is 12.6 Å². The molecule has 1 aromatic rings. The molecule has 0 spiro atoms. The molecule has 1 aliphatic heterocycles. The van der Waals surface area contributed by atoms with Crippen LogP contribution in [-0.4, -0.2) is 39.1 Å². The van der Waals surface area contributed by atoms with Crippen LogP contribution in [0, 0.1) is 0 Å². The van der Waals surface area contributed by atoms with E-state index < -0.39 is 11.5 Å². The predicted octanol–water partition coefficient (Wildman–Crippen LogP) is 1.78. The van der Waals surface area contributed by atoms with Crippen LogP contribution in [0.2, 0.25) is 0 Å². The Kier molecular flexibility index (Phi) is 4.50. The summed E-state index contributed by atoms with van der Waals surface area (Å²) < 4.78 is 5.41. The van der Waals surface area contributed by atoms with E-state index in [9.17, 15) is 14.7 Å². The molecule has 1 fully saturated rings. The fraction of sp³-hybridized carbons (Fsp3) is 0.643. The molecule has 1 saturated heterocycles. The maximum absolute atomic E-state index is 12.3. The number of carbonyl (C=O) groups excluding carboxylic acids is 1. The van der Waals surface area contributed by atoms with Crippen molar-refractivity contribution in [3.8, 4) is 0 Å². The van der Waals surface area contributed by atoms with Crippen molar-refractivity contribution in [2.45, 2.75) is 51.6 Å². The normalized spacial score (nSPS) is 21.5. The van der Waals surface area contributed by atoms with Crippen LogP contribution in [-0.2, 0) is 17.8 Å². The Morgan fingerprint density at radius 3 is 2.86 bits per heavy atom. The fourth-order valence-corrected chi connectivity index (χ4v) is 2.76. The number of carbonyl (C=O) groups is 2. The lowest BCUT2D eigenvalue weighted by molar-refractivity contribution is -0.148. The lowest BCUT2D eigenvalue weighted by Crippen LogP contribution is -2.55. The van der Waals surface area contributed by atoms with Crippen LogP contribution in [0.3, 0.4) is 0 Å². The molecule has 2 N–H and O–H groups in total. The highest BCUT2D eigenvalue weighted by Crippen LogP contribution is 2.32. The number of nitrogens with zero attached hydrogens (tertiary/aromatic N) is 2. The van der Waals surface area contributed by atoms with Crippen molar-refractivity contribution in [1.29, 1.82) is 0 Å². The van der Waals surface area contributed by atoms with Gasteiger partial charge in [-0.25, -0.2) is 14.6 Å². The molecule has 0 saturated carbocycles. The van der Waals surface area contributed by atoms with Crippen LogP contribution in [0.4, 0.5) is 4.79 Å². The van der Waals surface area contributed by atoms with Crippen molar-refractivity contribution in [2.24, 2.45) is 0 Å². The van der Waals surface area contributed by atoms with Crippen LogP contribution >= 0.6 is 0 Å². The molecule has 116 valence electrons. The smallest absolute Gasteiger partial charge is 0.329 e. The van der Waals surface area contributed by atoms with E-state index in [1.165, 1.54) is 4.90 Å². The highest BCUT2D eigenvalue weighted by Gasteiger charge is 2.48. The zero-order valence-corrected chi connectivity index (χ0v) is 12.4. The van der Waals surface area contributed by atoms with Crippen LogP contribution in [0.5, 0.6) is 0 Å². The topological polar surface area (TPSA) is 95.7 Å². The fourth-order valence-electron chi connectivity index (χ4n) is 2.76. The summed E-state index contributed by atoms with van der Waals surface area (Å²) >= 11 is 0. The third-order valence-corrected chi connectivity index (χ3v) is 4.06. The second-order valence-corrected chi connectivity index (χ2v) is 5.18. The van der Waals surface area contributed by atoms with Crippen molar-refractivity contribution in [2.75, 3.05) is 6.54 Å². The maximum Gasteiger partial charge on any atom is 0.329 e. The van der Waals surface area contributed by atoms with E-state index in [4.69, 9.17) is 4.42 Å². The molecule has 1 aromatic heterocycles. The van der Waals surface area contributed by atoms with Gasteiger partial charge in [0.1, 0.15) is 11.3 Å². The van der Waals surface area contributed by atoms with Gasteiger partial charge < -0.3 is 19.7 Å². The van der Waals surface area contributed by atoms with Gasteiger partial charge in [-0.2, -0.15) is 0 Å². The summed E-state index contributed by atoms with van der Waals surface area (Å²) in [5.74, 6) is 0.243. The number of likely N-dealkylation sites (tertiary alicyclic amines) is 1. The molecule has 2 heterocycles. The van der Waals surface area contributed by atoms with Gasteiger partial charge in [0, 0.05) is 13.0 Å². The lowest BCUT2D eigenvalue weighted by atomic mass is 9.93. The Labute approximate surface area is 123 Å². The molecule has 0 aromatic carbocycles. The summed E-state index contributed by atoms with van der Waals surface area (Å²) in [6, 6.07) is -0.381. The second kappa shape index (κ2) is 6.15. The average molecular weight is 295 g/mol. The summed E-state index contributed by atoms with van der Waals surface area (Å²) in [7, 11) is 0. The molecule has 0 aliphatic carbocycles. The highest BCUT2D eigenvalue weighted by atomic mass is 16.4. The number of urea groups is 1. The van der Waals surface area contributed by atoms with Gasteiger partial charge in [0.15, 0.2) is 0 Å². The summed E-state index contributed by atoms with van der Waals surface area (Å²) in [5, 5.41) is 12.1. The quantitative estimate of drug-likeness (QED) is 0.863. The summed E-state index contributed by atoms with van der Waals surface area (Å²) in [4.78, 5) is 29.3. The van der Waals surface area contributed by atoms with Crippen molar-refractivity contribution >= 4 is 12.0 Å². The number of carboxylic acids is 1. The van der Waals surface area contributed by atoms with E-state index in [1.807, 2.05) is 6.92 Å². The van der Waals surface area contributed by atoms with Crippen molar-refractivity contribution in [3.63, 3.8) is 0 Å². The average Bonchev–Trinajstić information content (AvgIpc) is 3.11. The molecule has 1 unspecified atom stereocenters. The number of aromatic nitrogens is 1. The number of aliphatic carboxylic acids is 1. The van der Waals surface area contributed by atoms with Gasteiger partial charge in [-0.15, -0.1) is 0 Å². The Bertz CT molecular complexity index is 528. The minimum Gasteiger partial charge on any atom is -0.479 e. The van der Waals surface area contributed by atoms with E-state index >= 15 is 0 Å². The Balaban J connectivity index is 2.00. The molecule has 2 rings (SSSR count). The monoisotopic (exact) mass is 295 g/mol. The largest absolute Gasteiger partial charge is 0.479 e. The van der Waals surface area contributed by atoms with E-state index in [0.717, 1.165) is 12.2 Å². The van der Waals surface area contributed by atoms with E-state index in [2.05, 4.69) is 10.3 Å². The number of nitrogens with one attached hydrogen (secondary N) is 1. The zero-order valence-electron chi connectivity index (χ0n) is 12.4. The third-order valence-electron chi connectivity index (χ3n) is 4.06. The molecule has 21 heavy (non-hydrogen) atoms. The Morgan fingerprint density at radius 1 is 1.52 bits per heavy atom. The Morgan fingerprint density at radius 2 is 2.29 bits per heavy atom. The van der Waals surface area contributed by atoms with Crippen LogP contribution in [0.15, 0.2) is 10.6 Å². The molecular weight excluding hydrogens is 274 g/mol. The minimum atomic E-state index is -1.09. The first-order valence-electron chi connectivity index (χ1n) is 7.26. The standard InChI is InChI=1S/C14H21N3O4/c1-3-10-8-15-11(21-10)9-16-13(20)17-7-5-6-14(17,4-2)12(18)19/h8H,3-7,9H2,1-2H3,(H,16,20)(H,18,19). The van der Waals surface area contributed by atoms with Gasteiger partial charge in [-0.3, -0.25) is 0 Å². The molecule has 0 bridgehead atoms. The van der Waals surface area contributed by atoms with Crippen LogP contribution < -0.4 is 5.32 Å². The molecule has 1 atom stereocenters. The van der Waals surface area contributed by atoms with Gasteiger partial charge in [0.25, 0.3) is 0 Å². The maximum atomic E-state index is 12.3. The molecule has 0 radical (unpaired) electrons. The van der Waals surface area contributed by atoms with Gasteiger partial charge in [0.05, 0.1) is 12.7 Å². The SMILES string of the molecule is CCc1cnc(CNC(=O)N2CCCC2(CC)C(=O)O)o1. The molecule has 7 nitrogen and oxygen atoms in total. The number of aryl methyl sites for hydroxylation is 1. The van der Waals surface area contributed by atoms with Crippen molar-refractivity contribution in [1.82, 2.24) is 15.2 Å². The van der Waals surface area contributed by atoms with Crippen LogP contribution in [0.1, 0.15) is 44.8 Å². The van der Waals surface area contributed by atoms with Gasteiger partial charge in [-0.1, -0.05) is 13.8 Å². The van der Waals surface area contributed by atoms with E-state index in [0.29, 0.717) is 31.7 Å². The number of rotatable bonds is 5. The predicted molar refractivity (Wildman–Crippen MR) is 74.7 cm³/mol. The van der Waals surface area contributed by atoms with Crippen molar-refractivity contribution < 1.29 is 19.1 Å². The summed E-state index contributed by atoms with van der Waals surface area (Å²) in [6.07, 6.45) is 3.96. The van der Waals surface area contributed by atoms with Crippen molar-refractivity contribution in [3.05, 3.63) is 17.8 Å². The first-order chi connectivity index (χ1) is 10.0. The lowest BCUT2D eigenvalue weighted by Gasteiger charge is -2.33. The van der Waals surface area contributed by atoms with Gasteiger partial charge in [0.2, 0.25) is 5.89 Å². The third kappa shape index (κ3) is 2.86. The zero-order chi connectivity index (χ0) is 15.5. The van der Waals surface area contributed by atoms with Crippen LogP contribution in [0.25, 0.3) is 0 Å². The number of oxazole rings is 1.